The third-order valence-electron chi connectivity index (χ3n) is 3.35. The van der Waals surface area contributed by atoms with Gasteiger partial charge in [-0.05, 0) is 12.0 Å². The molecule has 0 unspecified atom stereocenters. The van der Waals surface area contributed by atoms with Crippen molar-refractivity contribution in [2.75, 3.05) is 5.75 Å². The molecule has 22 heavy (non-hydrogen) atoms. The highest BCUT2D eigenvalue weighted by molar-refractivity contribution is 8.00. The van der Waals surface area contributed by atoms with Crippen LogP contribution >= 0.6 is 11.8 Å². The molecule has 0 atom stereocenters. The number of rotatable bonds is 5. The van der Waals surface area contributed by atoms with Gasteiger partial charge in [0.15, 0.2) is 0 Å². The predicted molar refractivity (Wildman–Crippen MR) is 84.6 cm³/mol. The first-order valence-corrected chi connectivity index (χ1v) is 7.79. The summed E-state index contributed by atoms with van der Waals surface area (Å²) >= 11 is 1.09. The van der Waals surface area contributed by atoms with E-state index in [4.69, 9.17) is 5.11 Å². The molecule has 0 aliphatic rings. The van der Waals surface area contributed by atoms with E-state index >= 15 is 0 Å². The number of carbonyl (C=O) groups is 1. The number of aliphatic carboxylic acids is 1. The standard InChI is InChI=1S/C14H17N3O4S/c1-4-5-8-6-15-12-10(11(8)22-7-9(18)19)13(20)17(3)14(21)16(12)2/h6H,4-5,7H2,1-3H3,(H,18,19). The van der Waals surface area contributed by atoms with Crippen LogP contribution in [0.1, 0.15) is 18.9 Å². The smallest absolute Gasteiger partial charge is 0.332 e. The Morgan fingerprint density at radius 1 is 1.32 bits per heavy atom. The van der Waals surface area contributed by atoms with Crippen molar-refractivity contribution >= 4 is 28.8 Å². The molecule has 2 rings (SSSR count). The molecule has 0 aliphatic carbocycles. The highest BCUT2D eigenvalue weighted by atomic mass is 32.2. The lowest BCUT2D eigenvalue weighted by Gasteiger charge is -2.13. The molecular formula is C14H17N3O4S. The van der Waals surface area contributed by atoms with E-state index in [1.54, 1.807) is 13.2 Å². The summed E-state index contributed by atoms with van der Waals surface area (Å²) in [5, 5.41) is 9.22. The monoisotopic (exact) mass is 323 g/mol. The lowest BCUT2D eigenvalue weighted by Crippen LogP contribution is -2.37. The number of pyridine rings is 1. The van der Waals surface area contributed by atoms with Crippen molar-refractivity contribution in [3.8, 4) is 0 Å². The average Bonchev–Trinajstić information content (AvgIpc) is 2.49. The van der Waals surface area contributed by atoms with Gasteiger partial charge in [0.1, 0.15) is 5.65 Å². The largest absolute Gasteiger partial charge is 0.481 e. The maximum absolute atomic E-state index is 12.5. The molecule has 0 bridgehead atoms. The van der Waals surface area contributed by atoms with E-state index < -0.39 is 17.2 Å². The second-order valence-electron chi connectivity index (χ2n) is 4.95. The summed E-state index contributed by atoms with van der Waals surface area (Å²) < 4.78 is 2.32. The van der Waals surface area contributed by atoms with Crippen molar-refractivity contribution < 1.29 is 9.90 Å². The normalized spacial score (nSPS) is 11.0. The van der Waals surface area contributed by atoms with Gasteiger partial charge in [0.25, 0.3) is 5.56 Å². The van der Waals surface area contributed by atoms with Crippen LogP contribution in [0.3, 0.4) is 0 Å². The summed E-state index contributed by atoms with van der Waals surface area (Å²) in [5.74, 6) is -1.11. The summed E-state index contributed by atoms with van der Waals surface area (Å²) in [6.07, 6.45) is 3.16. The molecule has 2 heterocycles. The lowest BCUT2D eigenvalue weighted by atomic mass is 10.1. The zero-order valence-electron chi connectivity index (χ0n) is 12.6. The van der Waals surface area contributed by atoms with Gasteiger partial charge in [-0.3, -0.25) is 18.7 Å². The van der Waals surface area contributed by atoms with E-state index in [-0.39, 0.29) is 11.4 Å². The van der Waals surface area contributed by atoms with Crippen LogP contribution in [0.5, 0.6) is 0 Å². The molecule has 0 radical (unpaired) electrons. The third kappa shape index (κ3) is 2.78. The molecular weight excluding hydrogens is 306 g/mol. The van der Waals surface area contributed by atoms with Crippen molar-refractivity contribution in [1.29, 1.82) is 0 Å². The molecule has 118 valence electrons. The molecule has 0 saturated heterocycles. The molecule has 2 aromatic rings. The maximum Gasteiger partial charge on any atom is 0.332 e. The van der Waals surface area contributed by atoms with Crippen LogP contribution in [-0.4, -0.2) is 30.9 Å². The third-order valence-corrected chi connectivity index (χ3v) is 4.50. The van der Waals surface area contributed by atoms with Crippen LogP contribution < -0.4 is 11.2 Å². The zero-order chi connectivity index (χ0) is 16.4. The van der Waals surface area contributed by atoms with E-state index in [9.17, 15) is 14.4 Å². The highest BCUT2D eigenvalue weighted by Crippen LogP contribution is 2.28. The zero-order valence-corrected chi connectivity index (χ0v) is 13.4. The van der Waals surface area contributed by atoms with Gasteiger partial charge < -0.3 is 5.11 Å². The van der Waals surface area contributed by atoms with Crippen LogP contribution in [-0.2, 0) is 25.3 Å². The number of aryl methyl sites for hydroxylation is 2. The number of hydrogen-bond donors (Lipinski definition) is 1. The number of carboxylic acid groups (broad SMARTS) is 1. The van der Waals surface area contributed by atoms with Crippen molar-refractivity contribution in [1.82, 2.24) is 14.1 Å². The Labute approximate surface area is 130 Å². The molecule has 0 amide bonds. The minimum Gasteiger partial charge on any atom is -0.481 e. The Kier molecular flexibility index (Phi) is 4.70. The van der Waals surface area contributed by atoms with E-state index in [0.717, 1.165) is 28.3 Å². The van der Waals surface area contributed by atoms with Gasteiger partial charge in [-0.1, -0.05) is 13.3 Å². The molecule has 7 nitrogen and oxygen atoms in total. The topological polar surface area (TPSA) is 94.2 Å². The first-order valence-electron chi connectivity index (χ1n) is 6.80. The number of aromatic nitrogens is 3. The van der Waals surface area contributed by atoms with Crippen molar-refractivity contribution in [2.45, 2.75) is 24.7 Å². The van der Waals surface area contributed by atoms with Crippen LogP contribution in [0.15, 0.2) is 20.7 Å². The highest BCUT2D eigenvalue weighted by Gasteiger charge is 2.18. The van der Waals surface area contributed by atoms with E-state index in [1.165, 1.54) is 11.6 Å². The van der Waals surface area contributed by atoms with Gasteiger partial charge in [0.2, 0.25) is 0 Å². The maximum atomic E-state index is 12.5. The van der Waals surface area contributed by atoms with Gasteiger partial charge in [-0.2, -0.15) is 0 Å². The summed E-state index contributed by atoms with van der Waals surface area (Å²) in [5.41, 5.74) is 0.205. The molecule has 1 N–H and O–H groups in total. The summed E-state index contributed by atoms with van der Waals surface area (Å²) in [6.45, 7) is 1.99. The Hall–Kier alpha value is -2.09. The van der Waals surface area contributed by atoms with Gasteiger partial charge in [-0.25, -0.2) is 9.78 Å². The second kappa shape index (κ2) is 6.35. The first-order chi connectivity index (χ1) is 10.4. The number of thioether (sulfide) groups is 1. The lowest BCUT2D eigenvalue weighted by molar-refractivity contribution is -0.133. The van der Waals surface area contributed by atoms with Gasteiger partial charge in [0, 0.05) is 25.2 Å². The average molecular weight is 323 g/mol. The molecule has 8 heteroatoms. The first kappa shape index (κ1) is 16.3. The van der Waals surface area contributed by atoms with E-state index in [0.29, 0.717) is 16.7 Å². The number of fused-ring (bicyclic) bond motifs is 1. The number of carboxylic acids is 1. The molecule has 0 aromatic carbocycles. The second-order valence-corrected chi connectivity index (χ2v) is 5.93. The van der Waals surface area contributed by atoms with Crippen molar-refractivity contribution in [3.63, 3.8) is 0 Å². The number of hydrogen-bond acceptors (Lipinski definition) is 5. The summed E-state index contributed by atoms with van der Waals surface area (Å²) in [6, 6.07) is 0. The molecule has 0 aliphatic heterocycles. The Balaban J connectivity index is 2.85. The van der Waals surface area contributed by atoms with Gasteiger partial charge >= 0.3 is 11.7 Å². The number of nitrogens with zero attached hydrogens (tertiary/aromatic N) is 3. The van der Waals surface area contributed by atoms with Crippen LogP contribution in [0, 0.1) is 0 Å². The molecule has 0 saturated carbocycles. The summed E-state index contributed by atoms with van der Waals surface area (Å²) in [4.78, 5) is 40.2. The SMILES string of the molecule is CCCc1cnc2c(c1SCC(=O)O)c(=O)n(C)c(=O)n2C. The molecule has 2 aromatic heterocycles. The predicted octanol–water partition coefficient (Wildman–Crippen LogP) is 0.761. The Morgan fingerprint density at radius 2 is 2.00 bits per heavy atom. The molecule has 0 spiro atoms. The van der Waals surface area contributed by atoms with Gasteiger partial charge in [-0.15, -0.1) is 11.8 Å². The van der Waals surface area contributed by atoms with Crippen LogP contribution in [0.25, 0.3) is 11.0 Å². The fourth-order valence-corrected chi connectivity index (χ4v) is 3.22. The van der Waals surface area contributed by atoms with Crippen molar-refractivity contribution in [2.24, 2.45) is 14.1 Å². The minimum atomic E-state index is -0.959. The fourth-order valence-electron chi connectivity index (χ4n) is 2.29. The summed E-state index contributed by atoms with van der Waals surface area (Å²) in [7, 11) is 2.95. The van der Waals surface area contributed by atoms with Crippen molar-refractivity contribution in [3.05, 3.63) is 32.6 Å². The Bertz CT molecular complexity index is 854. The van der Waals surface area contributed by atoms with E-state index in [2.05, 4.69) is 4.98 Å². The minimum absolute atomic E-state index is 0.151. The van der Waals surface area contributed by atoms with E-state index in [1.807, 2.05) is 6.92 Å². The quantitative estimate of drug-likeness (QED) is 0.817. The van der Waals surface area contributed by atoms with Crippen LogP contribution in [0.4, 0.5) is 0 Å². The fraction of sp³-hybridized carbons (Fsp3) is 0.429. The van der Waals surface area contributed by atoms with Crippen LogP contribution in [0.2, 0.25) is 0 Å². The molecule has 0 fully saturated rings. The van der Waals surface area contributed by atoms with Gasteiger partial charge in [0.05, 0.1) is 11.1 Å². The Morgan fingerprint density at radius 3 is 2.59 bits per heavy atom.